The quantitative estimate of drug-likeness (QED) is 0.717. The third kappa shape index (κ3) is 4.29. The normalized spacial score (nSPS) is 34.4. The van der Waals surface area contributed by atoms with Crippen molar-refractivity contribution in [1.29, 1.82) is 0 Å². The van der Waals surface area contributed by atoms with Crippen LogP contribution in [0.15, 0.2) is 24.3 Å². The summed E-state index contributed by atoms with van der Waals surface area (Å²) in [6.07, 6.45) is -1.10. The van der Waals surface area contributed by atoms with Crippen LogP contribution >= 0.6 is 0 Å². The fraction of sp³-hybridized carbons (Fsp3) is 0.636. The third-order valence-corrected chi connectivity index (χ3v) is 5.14. The second-order valence-electron chi connectivity index (χ2n) is 8.31. The maximum atomic E-state index is 6.15. The average Bonchev–Trinajstić information content (AvgIpc) is 3.16. The number of hydrogen-bond donors (Lipinski definition) is 0. The Morgan fingerprint density at radius 2 is 1.79 bits per heavy atom. The molecule has 0 N–H and O–H groups in total. The average molecular weight is 404 g/mol. The van der Waals surface area contributed by atoms with E-state index in [9.17, 15) is 0 Å². The Balaban J connectivity index is 1.49. The summed E-state index contributed by atoms with van der Waals surface area (Å²) in [6, 6.07) is 7.55. The van der Waals surface area contributed by atoms with Crippen LogP contribution in [0.5, 0.6) is 5.75 Å². The Morgan fingerprint density at radius 3 is 2.45 bits per heavy atom. The Kier molecular flexibility index (Phi) is 5.36. The van der Waals surface area contributed by atoms with E-state index in [1.807, 2.05) is 52.0 Å². The summed E-state index contributed by atoms with van der Waals surface area (Å²) in [6.45, 7) is 8.28. The predicted octanol–water partition coefficient (Wildman–Crippen LogP) is 2.46. The largest absolute Gasteiger partial charge is 0.497 e. The van der Waals surface area contributed by atoms with Crippen molar-refractivity contribution in [3.05, 3.63) is 29.8 Å². The smallest absolute Gasteiger partial charge is 0.224 e. The Bertz CT molecular complexity index is 790. The lowest BCUT2D eigenvalue weighted by atomic mass is 9.97. The van der Waals surface area contributed by atoms with Gasteiger partial charge in [0.1, 0.15) is 37.3 Å². The molecule has 158 valence electrons. The van der Waals surface area contributed by atoms with Gasteiger partial charge in [-0.15, -0.1) is 0 Å². The van der Waals surface area contributed by atoms with Gasteiger partial charge in [0, 0.05) is 5.56 Å². The number of hydrogen-bond acceptors (Lipinski definition) is 7. The molecule has 29 heavy (non-hydrogen) atoms. The zero-order chi connectivity index (χ0) is 20.7. The van der Waals surface area contributed by atoms with Crippen molar-refractivity contribution < 1.29 is 33.2 Å². The minimum Gasteiger partial charge on any atom is -0.497 e. The van der Waals surface area contributed by atoms with Gasteiger partial charge in [0.2, 0.25) is 5.79 Å². The van der Waals surface area contributed by atoms with Crippen LogP contribution in [0.4, 0.5) is 0 Å². The van der Waals surface area contributed by atoms with Gasteiger partial charge in [-0.3, -0.25) is 0 Å². The highest BCUT2D eigenvalue weighted by Gasteiger charge is 2.63. The van der Waals surface area contributed by atoms with Crippen LogP contribution in [0.1, 0.15) is 33.3 Å². The van der Waals surface area contributed by atoms with Crippen molar-refractivity contribution in [2.75, 3.05) is 26.9 Å². The maximum absolute atomic E-state index is 6.15. The van der Waals surface area contributed by atoms with Crippen LogP contribution in [0.3, 0.4) is 0 Å². The first-order valence-corrected chi connectivity index (χ1v) is 9.80. The number of methoxy groups -OCH3 is 1. The molecule has 3 aliphatic rings. The Labute approximate surface area is 171 Å². The second-order valence-corrected chi connectivity index (χ2v) is 8.31. The van der Waals surface area contributed by atoms with E-state index in [1.54, 1.807) is 7.11 Å². The van der Waals surface area contributed by atoms with E-state index in [0.29, 0.717) is 6.61 Å². The number of rotatable bonds is 3. The molecule has 3 fully saturated rings. The van der Waals surface area contributed by atoms with E-state index in [-0.39, 0.29) is 25.4 Å². The van der Waals surface area contributed by atoms with Gasteiger partial charge in [-0.2, -0.15) is 0 Å². The van der Waals surface area contributed by atoms with Crippen molar-refractivity contribution >= 4 is 0 Å². The van der Waals surface area contributed by atoms with Crippen molar-refractivity contribution in [2.45, 2.75) is 63.4 Å². The molecule has 3 aliphatic heterocycles. The fourth-order valence-corrected chi connectivity index (χ4v) is 3.93. The zero-order valence-corrected chi connectivity index (χ0v) is 17.5. The van der Waals surface area contributed by atoms with Crippen molar-refractivity contribution in [1.82, 2.24) is 0 Å². The summed E-state index contributed by atoms with van der Waals surface area (Å²) in [4.78, 5) is 0. The van der Waals surface area contributed by atoms with Gasteiger partial charge in [-0.25, -0.2) is 0 Å². The van der Waals surface area contributed by atoms with Crippen LogP contribution in [0.2, 0.25) is 0 Å². The van der Waals surface area contributed by atoms with Crippen molar-refractivity contribution in [2.24, 2.45) is 0 Å². The lowest BCUT2D eigenvalue weighted by molar-refractivity contribution is -0.332. The summed E-state index contributed by atoms with van der Waals surface area (Å²) >= 11 is 0. The molecule has 3 saturated heterocycles. The van der Waals surface area contributed by atoms with Crippen LogP contribution in [0.25, 0.3) is 0 Å². The molecule has 1 aromatic rings. The van der Waals surface area contributed by atoms with Crippen LogP contribution in [-0.4, -0.2) is 62.6 Å². The number of benzene rings is 1. The molecule has 1 aromatic carbocycles. The fourth-order valence-electron chi connectivity index (χ4n) is 3.93. The summed E-state index contributed by atoms with van der Waals surface area (Å²) < 4.78 is 41.4. The molecule has 0 radical (unpaired) electrons. The molecule has 3 heterocycles. The Hall–Kier alpha value is -1.66. The van der Waals surface area contributed by atoms with Crippen LogP contribution in [-0.2, 0) is 28.4 Å². The maximum Gasteiger partial charge on any atom is 0.224 e. The molecule has 0 saturated carbocycles. The highest BCUT2D eigenvalue weighted by molar-refractivity contribution is 5.38. The molecular weight excluding hydrogens is 376 g/mol. The number of ether oxygens (including phenoxy) is 7. The van der Waals surface area contributed by atoms with E-state index in [2.05, 4.69) is 11.8 Å². The molecule has 4 rings (SSSR count). The zero-order valence-electron chi connectivity index (χ0n) is 17.5. The highest BCUT2D eigenvalue weighted by Crippen LogP contribution is 2.45. The topological polar surface area (TPSA) is 64.6 Å². The first-order chi connectivity index (χ1) is 13.7. The minimum absolute atomic E-state index is 0.193. The highest BCUT2D eigenvalue weighted by atomic mass is 16.9. The molecule has 7 heteroatoms. The molecule has 7 nitrogen and oxygen atoms in total. The SMILES string of the molecule is COc1ccc(C#CCO[C@H]2[C@@H]3OC(C)(C)O[C@@H]3CO[C@]23COC(C)(C)O3)cc1. The minimum atomic E-state index is -1.05. The van der Waals surface area contributed by atoms with Gasteiger partial charge in [0.25, 0.3) is 0 Å². The van der Waals surface area contributed by atoms with E-state index in [0.717, 1.165) is 11.3 Å². The van der Waals surface area contributed by atoms with Crippen LogP contribution < -0.4 is 4.74 Å². The van der Waals surface area contributed by atoms with Gasteiger partial charge >= 0.3 is 0 Å². The summed E-state index contributed by atoms with van der Waals surface area (Å²) in [5, 5.41) is 0. The van der Waals surface area contributed by atoms with E-state index >= 15 is 0 Å². The van der Waals surface area contributed by atoms with Crippen LogP contribution in [0, 0.1) is 11.8 Å². The van der Waals surface area contributed by atoms with Crippen molar-refractivity contribution in [3.63, 3.8) is 0 Å². The standard InChI is InChI=1S/C22H28O7/c1-20(2)26-14-22(29-20)19(18-17(13-25-22)27-21(3,4)28-18)24-12-6-7-15-8-10-16(23-5)11-9-15/h8-11,17-19H,12-14H2,1-5H3/t17-,18-,19+,22+/m1/s1. The van der Waals surface area contributed by atoms with Crippen molar-refractivity contribution in [3.8, 4) is 17.6 Å². The monoisotopic (exact) mass is 404 g/mol. The molecule has 0 aromatic heterocycles. The van der Waals surface area contributed by atoms with E-state index in [4.69, 9.17) is 33.2 Å². The predicted molar refractivity (Wildman–Crippen MR) is 103 cm³/mol. The lowest BCUT2D eigenvalue weighted by Crippen LogP contribution is -2.62. The molecule has 0 unspecified atom stereocenters. The Morgan fingerprint density at radius 1 is 1.03 bits per heavy atom. The summed E-state index contributed by atoms with van der Waals surface area (Å²) in [7, 11) is 1.63. The van der Waals surface area contributed by atoms with E-state index < -0.39 is 23.5 Å². The molecule has 0 aliphatic carbocycles. The van der Waals surface area contributed by atoms with Gasteiger partial charge in [-0.1, -0.05) is 11.8 Å². The second kappa shape index (κ2) is 7.55. The third-order valence-electron chi connectivity index (χ3n) is 5.14. The van der Waals surface area contributed by atoms with Gasteiger partial charge in [-0.05, 0) is 52.0 Å². The molecule has 0 amide bonds. The van der Waals surface area contributed by atoms with E-state index in [1.165, 1.54) is 0 Å². The summed E-state index contributed by atoms with van der Waals surface area (Å²) in [5.74, 6) is 4.41. The van der Waals surface area contributed by atoms with Gasteiger partial charge in [0.05, 0.1) is 13.7 Å². The first-order valence-electron chi connectivity index (χ1n) is 9.80. The summed E-state index contributed by atoms with van der Waals surface area (Å²) in [5.41, 5.74) is 0.880. The first kappa shape index (κ1) is 20.6. The van der Waals surface area contributed by atoms with Gasteiger partial charge < -0.3 is 33.2 Å². The molecular formula is C22H28O7. The lowest BCUT2D eigenvalue weighted by Gasteiger charge is -2.43. The molecule has 0 bridgehead atoms. The number of fused-ring (bicyclic) bond motifs is 1. The van der Waals surface area contributed by atoms with Gasteiger partial charge in [0.15, 0.2) is 11.6 Å². The molecule has 4 atom stereocenters. The molecule has 1 spiro atoms.